The van der Waals surface area contributed by atoms with E-state index in [2.05, 4.69) is 13.8 Å². The minimum Gasteiger partial charge on any atom is -0.490 e. The molecule has 1 atom stereocenters. The van der Waals surface area contributed by atoms with Crippen LogP contribution in [0.2, 0.25) is 0 Å². The fourth-order valence-electron chi connectivity index (χ4n) is 1.73. The van der Waals surface area contributed by atoms with Crippen molar-refractivity contribution in [2.24, 2.45) is 0 Å². The molecule has 0 spiro atoms. The zero-order chi connectivity index (χ0) is 13.7. The number of hydrogen-bond acceptors (Lipinski definition) is 2. The monoisotopic (exact) mass is 256 g/mol. The van der Waals surface area contributed by atoms with Crippen molar-refractivity contribution in [3.63, 3.8) is 0 Å². The van der Waals surface area contributed by atoms with Gasteiger partial charge in [-0.25, -0.2) is 0 Å². The van der Waals surface area contributed by atoms with Gasteiger partial charge in [-0.05, 0) is 45.0 Å². The van der Waals surface area contributed by atoms with Crippen LogP contribution in [0.3, 0.4) is 0 Å². The highest BCUT2D eigenvalue weighted by Gasteiger charge is 2.05. The van der Waals surface area contributed by atoms with Crippen molar-refractivity contribution in [1.29, 1.82) is 0 Å². The number of benzene rings is 2. The van der Waals surface area contributed by atoms with Gasteiger partial charge in [-0.3, -0.25) is 0 Å². The van der Waals surface area contributed by atoms with E-state index >= 15 is 0 Å². The van der Waals surface area contributed by atoms with E-state index in [0.29, 0.717) is 6.61 Å². The number of rotatable bonds is 5. The molecule has 0 aliphatic rings. The predicted octanol–water partition coefficient (Wildman–Crippen LogP) is 4.15. The summed E-state index contributed by atoms with van der Waals surface area (Å²) in [5.74, 6) is 1.76. The Balaban J connectivity index is 1.82. The third kappa shape index (κ3) is 4.32. The van der Waals surface area contributed by atoms with Gasteiger partial charge in [0.1, 0.15) is 24.2 Å². The lowest BCUT2D eigenvalue weighted by Gasteiger charge is -2.15. The zero-order valence-electron chi connectivity index (χ0n) is 11.7. The minimum atomic E-state index is 0.0176. The Morgan fingerprint density at radius 2 is 1.26 bits per heavy atom. The molecule has 2 heteroatoms. The lowest BCUT2D eigenvalue weighted by Crippen LogP contribution is -2.21. The summed E-state index contributed by atoms with van der Waals surface area (Å²) in [6.07, 6.45) is 0.0176. The maximum absolute atomic E-state index is 5.79. The molecule has 0 aliphatic carbocycles. The second kappa shape index (κ2) is 6.28. The normalized spacial score (nSPS) is 11.9. The third-order valence-corrected chi connectivity index (χ3v) is 2.86. The molecule has 0 heterocycles. The van der Waals surface area contributed by atoms with Crippen molar-refractivity contribution >= 4 is 0 Å². The zero-order valence-corrected chi connectivity index (χ0v) is 11.7. The van der Waals surface area contributed by atoms with Crippen LogP contribution >= 0.6 is 0 Å². The Kier molecular flexibility index (Phi) is 4.45. The van der Waals surface area contributed by atoms with Gasteiger partial charge >= 0.3 is 0 Å². The Hall–Kier alpha value is -1.96. The van der Waals surface area contributed by atoms with Gasteiger partial charge < -0.3 is 9.47 Å². The summed E-state index contributed by atoms with van der Waals surface area (Å²) < 4.78 is 11.5. The van der Waals surface area contributed by atoms with Gasteiger partial charge in [0.2, 0.25) is 0 Å². The SMILES string of the molecule is Cc1ccc(OCC(C)Oc2ccc(C)cc2)cc1. The Morgan fingerprint density at radius 1 is 0.789 bits per heavy atom. The van der Waals surface area contributed by atoms with Gasteiger partial charge in [0.25, 0.3) is 0 Å². The Bertz CT molecular complexity index is 500. The van der Waals surface area contributed by atoms with Gasteiger partial charge in [0.15, 0.2) is 0 Å². The van der Waals surface area contributed by atoms with Crippen molar-refractivity contribution in [1.82, 2.24) is 0 Å². The lowest BCUT2D eigenvalue weighted by atomic mass is 10.2. The summed E-state index contributed by atoms with van der Waals surface area (Å²) >= 11 is 0. The van der Waals surface area contributed by atoms with E-state index in [0.717, 1.165) is 11.5 Å². The highest BCUT2D eigenvalue weighted by atomic mass is 16.5. The Labute approximate surface area is 115 Å². The molecule has 0 fully saturated rings. The molecular formula is C17H20O2. The number of ether oxygens (including phenoxy) is 2. The molecule has 19 heavy (non-hydrogen) atoms. The fourth-order valence-corrected chi connectivity index (χ4v) is 1.73. The van der Waals surface area contributed by atoms with Gasteiger partial charge in [0, 0.05) is 0 Å². The highest BCUT2D eigenvalue weighted by molar-refractivity contribution is 5.27. The average Bonchev–Trinajstić information content (AvgIpc) is 2.41. The van der Waals surface area contributed by atoms with E-state index in [4.69, 9.17) is 9.47 Å². The van der Waals surface area contributed by atoms with Crippen LogP contribution in [0, 0.1) is 13.8 Å². The molecule has 2 aromatic carbocycles. The summed E-state index contributed by atoms with van der Waals surface area (Å²) in [5, 5.41) is 0. The molecule has 0 aliphatic heterocycles. The van der Waals surface area contributed by atoms with E-state index in [1.807, 2.05) is 55.5 Å². The third-order valence-electron chi connectivity index (χ3n) is 2.86. The van der Waals surface area contributed by atoms with Crippen LogP contribution in [-0.4, -0.2) is 12.7 Å². The second-order valence-corrected chi connectivity index (χ2v) is 4.87. The van der Waals surface area contributed by atoms with E-state index in [-0.39, 0.29) is 6.10 Å². The van der Waals surface area contributed by atoms with E-state index in [1.165, 1.54) is 11.1 Å². The van der Waals surface area contributed by atoms with E-state index < -0.39 is 0 Å². The fraction of sp³-hybridized carbons (Fsp3) is 0.294. The molecule has 0 saturated heterocycles. The van der Waals surface area contributed by atoms with Gasteiger partial charge in [-0.15, -0.1) is 0 Å². The standard InChI is InChI=1S/C17H20O2/c1-13-4-8-16(9-5-13)18-12-15(3)19-17-10-6-14(2)7-11-17/h4-11,15H,12H2,1-3H3. The maximum Gasteiger partial charge on any atom is 0.130 e. The topological polar surface area (TPSA) is 18.5 Å². The summed E-state index contributed by atoms with van der Waals surface area (Å²) in [4.78, 5) is 0. The van der Waals surface area contributed by atoms with Crippen LogP contribution in [0.15, 0.2) is 48.5 Å². The van der Waals surface area contributed by atoms with Crippen LogP contribution < -0.4 is 9.47 Å². The quantitative estimate of drug-likeness (QED) is 0.800. The summed E-state index contributed by atoms with van der Waals surface area (Å²) in [6.45, 7) is 6.67. The predicted molar refractivity (Wildman–Crippen MR) is 77.9 cm³/mol. The van der Waals surface area contributed by atoms with Gasteiger partial charge in [0.05, 0.1) is 0 Å². The van der Waals surface area contributed by atoms with Gasteiger partial charge in [-0.2, -0.15) is 0 Å². The van der Waals surface area contributed by atoms with Crippen molar-refractivity contribution in [2.75, 3.05) is 6.61 Å². The van der Waals surface area contributed by atoms with Crippen LogP contribution in [0.25, 0.3) is 0 Å². The molecule has 0 bridgehead atoms. The van der Waals surface area contributed by atoms with Crippen molar-refractivity contribution in [2.45, 2.75) is 26.9 Å². The molecule has 0 aromatic heterocycles. The Morgan fingerprint density at radius 3 is 1.79 bits per heavy atom. The molecule has 1 unspecified atom stereocenters. The van der Waals surface area contributed by atoms with Crippen LogP contribution in [0.4, 0.5) is 0 Å². The van der Waals surface area contributed by atoms with Crippen molar-refractivity contribution < 1.29 is 9.47 Å². The molecule has 2 aromatic rings. The lowest BCUT2D eigenvalue weighted by molar-refractivity contribution is 0.143. The second-order valence-electron chi connectivity index (χ2n) is 4.87. The summed E-state index contributed by atoms with van der Waals surface area (Å²) in [5.41, 5.74) is 2.47. The first-order chi connectivity index (χ1) is 9.13. The number of aryl methyl sites for hydroxylation is 2. The molecular weight excluding hydrogens is 236 g/mol. The molecule has 2 nitrogen and oxygen atoms in total. The number of hydrogen-bond donors (Lipinski definition) is 0. The van der Waals surface area contributed by atoms with Gasteiger partial charge in [-0.1, -0.05) is 35.4 Å². The summed E-state index contributed by atoms with van der Waals surface area (Å²) in [6, 6.07) is 16.1. The van der Waals surface area contributed by atoms with E-state index in [9.17, 15) is 0 Å². The molecule has 0 amide bonds. The average molecular weight is 256 g/mol. The molecule has 0 N–H and O–H groups in total. The van der Waals surface area contributed by atoms with Crippen molar-refractivity contribution in [3.8, 4) is 11.5 Å². The largest absolute Gasteiger partial charge is 0.490 e. The summed E-state index contributed by atoms with van der Waals surface area (Å²) in [7, 11) is 0. The molecule has 2 rings (SSSR count). The van der Waals surface area contributed by atoms with E-state index in [1.54, 1.807) is 0 Å². The maximum atomic E-state index is 5.79. The molecule has 0 saturated carbocycles. The smallest absolute Gasteiger partial charge is 0.130 e. The first kappa shape index (κ1) is 13.5. The highest BCUT2D eigenvalue weighted by Crippen LogP contribution is 2.15. The van der Waals surface area contributed by atoms with Crippen LogP contribution in [-0.2, 0) is 0 Å². The minimum absolute atomic E-state index is 0.0176. The molecule has 0 radical (unpaired) electrons. The first-order valence-corrected chi connectivity index (χ1v) is 6.56. The molecule has 100 valence electrons. The van der Waals surface area contributed by atoms with Crippen LogP contribution in [0.5, 0.6) is 11.5 Å². The van der Waals surface area contributed by atoms with Crippen molar-refractivity contribution in [3.05, 3.63) is 59.7 Å². The van der Waals surface area contributed by atoms with Crippen LogP contribution in [0.1, 0.15) is 18.1 Å². The first-order valence-electron chi connectivity index (χ1n) is 6.56.